The highest BCUT2D eigenvalue weighted by Gasteiger charge is 2.69. The summed E-state index contributed by atoms with van der Waals surface area (Å²) in [5.41, 5.74) is 2.68. The maximum absolute atomic E-state index is 14.0. The van der Waals surface area contributed by atoms with Gasteiger partial charge in [0.2, 0.25) is 5.91 Å². The molecule has 0 N–H and O–H groups in total. The van der Waals surface area contributed by atoms with Crippen LogP contribution in [0.15, 0.2) is 72.8 Å². The number of nitrogens with zero attached hydrogens (tertiary/aromatic N) is 2. The molecule has 2 aliphatic rings. The van der Waals surface area contributed by atoms with Gasteiger partial charge in [-0.3, -0.25) is 14.5 Å². The van der Waals surface area contributed by atoms with Crippen molar-refractivity contribution in [3.05, 3.63) is 95.3 Å². The molecule has 2 aliphatic heterocycles. The molecule has 0 aliphatic carbocycles. The molecule has 1 fully saturated rings. The number of hydrogen-bond acceptors (Lipinski definition) is 4. The largest absolute Gasteiger partial charge is 0.304 e. The third kappa shape index (κ3) is 3.01. The molecule has 2 amide bonds. The summed E-state index contributed by atoms with van der Waals surface area (Å²) in [6, 6.07) is 19.3. The number of anilines is 2. The Morgan fingerprint density at radius 3 is 2.21 bits per heavy atom. The van der Waals surface area contributed by atoms with Crippen LogP contribution in [0.2, 0.25) is 0 Å². The van der Waals surface area contributed by atoms with E-state index >= 15 is 0 Å². The Morgan fingerprint density at radius 2 is 1.55 bits per heavy atom. The van der Waals surface area contributed by atoms with Crippen molar-refractivity contribution in [1.29, 1.82) is 0 Å². The number of carbonyl (C=O) groups excluding carboxylic acids is 2. The number of carbonyl (C=O) groups is 2. The molecule has 3 aromatic rings. The van der Waals surface area contributed by atoms with Gasteiger partial charge in [-0.25, -0.2) is 12.8 Å². The summed E-state index contributed by atoms with van der Waals surface area (Å²) < 4.78 is 40.5. The van der Waals surface area contributed by atoms with Gasteiger partial charge in [0.15, 0.2) is 9.84 Å². The summed E-state index contributed by atoms with van der Waals surface area (Å²) in [7, 11) is -4.22. The predicted molar refractivity (Wildman–Crippen MR) is 123 cm³/mol. The van der Waals surface area contributed by atoms with Crippen molar-refractivity contribution < 1.29 is 22.4 Å². The molecule has 2 heterocycles. The lowest BCUT2D eigenvalue weighted by atomic mass is 10.0. The van der Waals surface area contributed by atoms with Gasteiger partial charge in [-0.05, 0) is 47.9 Å². The van der Waals surface area contributed by atoms with Gasteiger partial charge in [0.25, 0.3) is 10.8 Å². The zero-order valence-corrected chi connectivity index (χ0v) is 18.7. The van der Waals surface area contributed by atoms with Gasteiger partial charge < -0.3 is 4.90 Å². The normalized spacial score (nSPS) is 21.2. The maximum Gasteiger partial charge on any atom is 0.274 e. The highest BCUT2D eigenvalue weighted by atomic mass is 32.2. The van der Waals surface area contributed by atoms with Crippen LogP contribution in [0, 0.1) is 5.82 Å². The highest BCUT2D eigenvalue weighted by Crippen LogP contribution is 2.52. The molecule has 1 spiro atoms. The van der Waals surface area contributed by atoms with E-state index in [4.69, 9.17) is 0 Å². The Hall–Kier alpha value is -3.52. The van der Waals surface area contributed by atoms with Crippen LogP contribution in [0.4, 0.5) is 15.8 Å². The van der Waals surface area contributed by atoms with Crippen LogP contribution in [0.5, 0.6) is 0 Å². The van der Waals surface area contributed by atoms with Crippen molar-refractivity contribution in [3.63, 3.8) is 0 Å². The quantitative estimate of drug-likeness (QED) is 0.592. The minimum absolute atomic E-state index is 0.0458. The second kappa shape index (κ2) is 7.52. The SMILES string of the molecule is CCc1ccc(N2C(=O)CS(=O)(=O)[C@@]23C(=O)N(Cc2ccc(F)cc2)c2ccccc23)cc1. The number of sulfone groups is 1. The van der Waals surface area contributed by atoms with Crippen molar-refractivity contribution in [1.82, 2.24) is 0 Å². The first kappa shape index (κ1) is 21.3. The summed E-state index contributed by atoms with van der Waals surface area (Å²) in [6.45, 7) is 2.04. The second-order valence-electron chi connectivity index (χ2n) is 8.19. The fraction of sp³-hybridized carbons (Fsp3) is 0.200. The summed E-state index contributed by atoms with van der Waals surface area (Å²) in [4.78, 5) is 27.4. The lowest BCUT2D eigenvalue weighted by Crippen LogP contribution is -2.54. The smallest absolute Gasteiger partial charge is 0.274 e. The van der Waals surface area contributed by atoms with E-state index in [-0.39, 0.29) is 12.1 Å². The number of benzene rings is 3. The number of hydrogen-bond donors (Lipinski definition) is 0. The average Bonchev–Trinajstić information content (AvgIpc) is 3.18. The first-order chi connectivity index (χ1) is 15.8. The molecule has 0 unspecified atom stereocenters. The maximum atomic E-state index is 14.0. The van der Waals surface area contributed by atoms with Crippen LogP contribution in [-0.4, -0.2) is 26.0 Å². The van der Waals surface area contributed by atoms with Crippen LogP contribution >= 0.6 is 0 Å². The van der Waals surface area contributed by atoms with Crippen molar-refractivity contribution in [3.8, 4) is 0 Å². The van der Waals surface area contributed by atoms with E-state index in [1.54, 1.807) is 48.5 Å². The molecule has 0 aromatic heterocycles. The van der Waals surface area contributed by atoms with E-state index in [1.807, 2.05) is 19.1 Å². The fourth-order valence-corrected chi connectivity index (χ4v) is 6.73. The van der Waals surface area contributed by atoms with Gasteiger partial charge in [0.1, 0.15) is 11.6 Å². The van der Waals surface area contributed by atoms with Gasteiger partial charge in [-0.2, -0.15) is 0 Å². The zero-order valence-electron chi connectivity index (χ0n) is 17.9. The molecule has 5 rings (SSSR count). The third-order valence-corrected chi connectivity index (χ3v) is 8.38. The standard InChI is InChI=1S/C25H21FN2O4S/c1-2-17-9-13-20(14-10-17)28-23(29)16-33(31,32)25(28)21-5-3-4-6-22(21)27(24(25)30)15-18-7-11-19(26)12-8-18/h3-14H,2,15-16H2,1H3/t25-/m0/s1. The van der Waals surface area contributed by atoms with Crippen LogP contribution in [0.25, 0.3) is 0 Å². The summed E-state index contributed by atoms with van der Waals surface area (Å²) in [5, 5.41) is 0. The van der Waals surface area contributed by atoms with Gasteiger partial charge in [0, 0.05) is 11.3 Å². The first-order valence-corrected chi connectivity index (χ1v) is 12.2. The van der Waals surface area contributed by atoms with Crippen LogP contribution in [-0.2, 0) is 37.3 Å². The van der Waals surface area contributed by atoms with Gasteiger partial charge in [-0.1, -0.05) is 49.4 Å². The molecule has 3 aromatic carbocycles. The molecule has 33 heavy (non-hydrogen) atoms. The van der Waals surface area contributed by atoms with Crippen molar-refractivity contribution in [2.24, 2.45) is 0 Å². The van der Waals surface area contributed by atoms with E-state index in [0.29, 0.717) is 16.9 Å². The van der Waals surface area contributed by atoms with E-state index < -0.39 is 38.1 Å². The molecule has 0 bridgehead atoms. The molecule has 1 saturated heterocycles. The van der Waals surface area contributed by atoms with Gasteiger partial charge >= 0.3 is 0 Å². The van der Waals surface area contributed by atoms with Gasteiger partial charge in [-0.15, -0.1) is 0 Å². The topological polar surface area (TPSA) is 74.8 Å². The second-order valence-corrected chi connectivity index (χ2v) is 10.3. The van der Waals surface area contributed by atoms with E-state index in [1.165, 1.54) is 17.0 Å². The molecule has 168 valence electrons. The number of amides is 2. The number of rotatable bonds is 4. The van der Waals surface area contributed by atoms with E-state index in [9.17, 15) is 22.4 Å². The van der Waals surface area contributed by atoms with Crippen LogP contribution in [0.3, 0.4) is 0 Å². The molecule has 0 saturated carbocycles. The lowest BCUT2D eigenvalue weighted by Gasteiger charge is -2.32. The predicted octanol–water partition coefficient (Wildman–Crippen LogP) is 3.55. The Labute approximate surface area is 191 Å². The Balaban J connectivity index is 1.70. The summed E-state index contributed by atoms with van der Waals surface area (Å²) >= 11 is 0. The number of fused-ring (bicyclic) bond motifs is 2. The molecular formula is C25H21FN2O4S. The first-order valence-electron chi connectivity index (χ1n) is 10.6. The lowest BCUT2D eigenvalue weighted by molar-refractivity contribution is -0.123. The van der Waals surface area contributed by atoms with Crippen LogP contribution < -0.4 is 9.80 Å². The number of halogens is 1. The monoisotopic (exact) mass is 464 g/mol. The van der Waals surface area contributed by atoms with Crippen LogP contribution in [0.1, 0.15) is 23.6 Å². The zero-order chi connectivity index (χ0) is 23.4. The Morgan fingerprint density at radius 1 is 0.909 bits per heavy atom. The highest BCUT2D eigenvalue weighted by molar-refractivity contribution is 7.94. The molecular weight excluding hydrogens is 443 g/mol. The minimum Gasteiger partial charge on any atom is -0.304 e. The van der Waals surface area contributed by atoms with Gasteiger partial charge in [0.05, 0.1) is 12.2 Å². The van der Waals surface area contributed by atoms with E-state index in [0.717, 1.165) is 16.9 Å². The summed E-state index contributed by atoms with van der Waals surface area (Å²) in [6.07, 6.45) is 0.783. The Bertz CT molecular complexity index is 1370. The van der Waals surface area contributed by atoms with Crippen molar-refractivity contribution in [2.45, 2.75) is 24.8 Å². The number of para-hydroxylation sites is 1. The molecule has 6 nitrogen and oxygen atoms in total. The summed E-state index contributed by atoms with van der Waals surface area (Å²) in [5.74, 6) is -2.52. The minimum atomic E-state index is -4.22. The third-order valence-electron chi connectivity index (χ3n) is 6.28. The average molecular weight is 465 g/mol. The molecule has 1 atom stereocenters. The Kier molecular flexibility index (Phi) is 4.86. The fourth-order valence-electron chi connectivity index (χ4n) is 4.70. The van der Waals surface area contributed by atoms with Crippen molar-refractivity contribution in [2.75, 3.05) is 15.6 Å². The molecule has 0 radical (unpaired) electrons. The van der Waals surface area contributed by atoms with E-state index in [2.05, 4.69) is 0 Å². The number of aryl methyl sites for hydroxylation is 1. The van der Waals surface area contributed by atoms with Crippen molar-refractivity contribution >= 4 is 33.0 Å². The molecule has 8 heteroatoms.